The fraction of sp³-hybridized carbons (Fsp3) is 0.625. The topological polar surface area (TPSA) is 23.5 Å². The highest BCUT2D eigenvalue weighted by atomic mass is 16.3. The van der Waals surface area contributed by atoms with Crippen LogP contribution in [0.15, 0.2) is 24.3 Å². The molecule has 1 fully saturated rings. The number of fused-ring (bicyclic) bond motifs is 1. The standard InChI is InChI=1S/C16H23NO/c18-9-7-13-4-3-8-17(11-13)12-15-10-14-5-1-2-6-16(14)15/h1-2,5-6,13,15,18H,3-4,7-12H2. The monoisotopic (exact) mass is 245 g/mol. The number of aliphatic hydroxyl groups is 1. The van der Waals surface area contributed by atoms with E-state index in [1.54, 1.807) is 11.1 Å². The Morgan fingerprint density at radius 2 is 2.17 bits per heavy atom. The van der Waals surface area contributed by atoms with Crippen molar-refractivity contribution in [3.8, 4) is 0 Å². The van der Waals surface area contributed by atoms with Crippen LogP contribution >= 0.6 is 0 Å². The Kier molecular flexibility index (Phi) is 3.67. The van der Waals surface area contributed by atoms with E-state index < -0.39 is 0 Å². The molecule has 98 valence electrons. The number of hydrogen-bond acceptors (Lipinski definition) is 2. The molecule has 2 unspecified atom stereocenters. The Balaban J connectivity index is 1.55. The number of piperidine rings is 1. The summed E-state index contributed by atoms with van der Waals surface area (Å²) in [5.74, 6) is 1.48. The first-order valence-corrected chi connectivity index (χ1v) is 7.28. The molecule has 2 atom stereocenters. The average Bonchev–Trinajstić information content (AvgIpc) is 2.37. The molecule has 0 saturated carbocycles. The summed E-state index contributed by atoms with van der Waals surface area (Å²) >= 11 is 0. The first-order valence-electron chi connectivity index (χ1n) is 7.28. The molecule has 1 aromatic carbocycles. The molecule has 0 bridgehead atoms. The molecule has 1 aromatic rings. The first-order chi connectivity index (χ1) is 8.86. The van der Waals surface area contributed by atoms with Gasteiger partial charge in [-0.25, -0.2) is 0 Å². The lowest BCUT2D eigenvalue weighted by atomic mass is 9.77. The van der Waals surface area contributed by atoms with E-state index >= 15 is 0 Å². The molecule has 1 N–H and O–H groups in total. The number of rotatable bonds is 4. The predicted molar refractivity (Wildman–Crippen MR) is 73.8 cm³/mol. The van der Waals surface area contributed by atoms with Crippen LogP contribution in [0.1, 0.15) is 36.3 Å². The SMILES string of the molecule is OCCC1CCCN(CC2Cc3ccccc32)C1. The molecule has 2 heteroatoms. The van der Waals surface area contributed by atoms with Crippen molar-refractivity contribution in [2.24, 2.45) is 5.92 Å². The third-order valence-corrected chi connectivity index (χ3v) is 4.58. The number of hydrogen-bond donors (Lipinski definition) is 1. The van der Waals surface area contributed by atoms with Crippen LogP contribution in [0.5, 0.6) is 0 Å². The van der Waals surface area contributed by atoms with Gasteiger partial charge in [-0.05, 0) is 49.3 Å². The Labute approximate surface area is 110 Å². The van der Waals surface area contributed by atoms with Gasteiger partial charge in [-0.2, -0.15) is 0 Å². The Morgan fingerprint density at radius 1 is 1.28 bits per heavy atom. The van der Waals surface area contributed by atoms with Gasteiger partial charge in [0.25, 0.3) is 0 Å². The fourth-order valence-corrected chi connectivity index (χ4v) is 3.57. The molecule has 0 aromatic heterocycles. The van der Waals surface area contributed by atoms with E-state index in [-0.39, 0.29) is 0 Å². The van der Waals surface area contributed by atoms with Crippen LogP contribution in [-0.2, 0) is 6.42 Å². The second-order valence-corrected chi connectivity index (χ2v) is 5.88. The van der Waals surface area contributed by atoms with E-state index in [1.807, 2.05) is 0 Å². The summed E-state index contributed by atoms with van der Waals surface area (Å²) in [4.78, 5) is 2.62. The molecule has 3 rings (SSSR count). The van der Waals surface area contributed by atoms with Crippen LogP contribution in [-0.4, -0.2) is 36.2 Å². The van der Waals surface area contributed by atoms with Crippen LogP contribution in [0.4, 0.5) is 0 Å². The zero-order valence-corrected chi connectivity index (χ0v) is 11.0. The number of nitrogens with zero attached hydrogens (tertiary/aromatic N) is 1. The molecule has 1 saturated heterocycles. The number of likely N-dealkylation sites (tertiary alicyclic amines) is 1. The Morgan fingerprint density at radius 3 is 3.00 bits per heavy atom. The Bertz CT molecular complexity index is 402. The lowest BCUT2D eigenvalue weighted by Gasteiger charge is -2.38. The number of benzene rings is 1. The zero-order chi connectivity index (χ0) is 12.4. The highest BCUT2D eigenvalue weighted by Crippen LogP contribution is 2.36. The molecule has 18 heavy (non-hydrogen) atoms. The quantitative estimate of drug-likeness (QED) is 0.880. The van der Waals surface area contributed by atoms with Crippen molar-refractivity contribution in [2.75, 3.05) is 26.2 Å². The lowest BCUT2D eigenvalue weighted by molar-refractivity contribution is 0.138. The van der Waals surface area contributed by atoms with Gasteiger partial charge < -0.3 is 10.0 Å². The minimum Gasteiger partial charge on any atom is -0.396 e. The summed E-state index contributed by atoms with van der Waals surface area (Å²) in [5.41, 5.74) is 3.12. The van der Waals surface area contributed by atoms with Gasteiger partial charge in [0.1, 0.15) is 0 Å². The van der Waals surface area contributed by atoms with Gasteiger partial charge in [0.15, 0.2) is 0 Å². The third-order valence-electron chi connectivity index (χ3n) is 4.58. The average molecular weight is 245 g/mol. The highest BCUT2D eigenvalue weighted by molar-refractivity contribution is 5.40. The molecule has 2 nitrogen and oxygen atoms in total. The second-order valence-electron chi connectivity index (χ2n) is 5.88. The van der Waals surface area contributed by atoms with Crippen LogP contribution in [0.2, 0.25) is 0 Å². The molecule has 1 aliphatic carbocycles. The van der Waals surface area contributed by atoms with Gasteiger partial charge in [0.05, 0.1) is 0 Å². The summed E-state index contributed by atoms with van der Waals surface area (Å²) in [6, 6.07) is 8.86. The van der Waals surface area contributed by atoms with E-state index in [1.165, 1.54) is 38.9 Å². The molecular weight excluding hydrogens is 222 g/mol. The summed E-state index contributed by atoms with van der Waals surface area (Å²) in [5, 5.41) is 9.06. The minimum absolute atomic E-state index is 0.352. The molecular formula is C16H23NO. The van der Waals surface area contributed by atoms with Crippen LogP contribution in [0, 0.1) is 5.92 Å². The van der Waals surface area contributed by atoms with Gasteiger partial charge in [-0.15, -0.1) is 0 Å². The molecule has 2 aliphatic rings. The van der Waals surface area contributed by atoms with Crippen molar-refractivity contribution in [1.82, 2.24) is 4.90 Å². The summed E-state index contributed by atoms with van der Waals surface area (Å²) in [7, 11) is 0. The van der Waals surface area contributed by atoms with Crippen molar-refractivity contribution in [1.29, 1.82) is 0 Å². The van der Waals surface area contributed by atoms with Crippen molar-refractivity contribution in [2.45, 2.75) is 31.6 Å². The van der Waals surface area contributed by atoms with Gasteiger partial charge in [0, 0.05) is 25.6 Å². The maximum Gasteiger partial charge on any atom is 0.0434 e. The van der Waals surface area contributed by atoms with Crippen LogP contribution in [0.3, 0.4) is 0 Å². The first kappa shape index (κ1) is 12.2. The van der Waals surface area contributed by atoms with Gasteiger partial charge in [0.2, 0.25) is 0 Å². The maximum atomic E-state index is 9.06. The van der Waals surface area contributed by atoms with E-state index in [0.717, 1.165) is 18.3 Å². The molecule has 0 spiro atoms. The predicted octanol–water partition coefficient (Wildman–Crippen LogP) is 2.42. The van der Waals surface area contributed by atoms with E-state index in [9.17, 15) is 0 Å². The van der Waals surface area contributed by atoms with Crippen molar-refractivity contribution in [3.05, 3.63) is 35.4 Å². The van der Waals surface area contributed by atoms with Crippen molar-refractivity contribution < 1.29 is 5.11 Å². The van der Waals surface area contributed by atoms with Crippen LogP contribution < -0.4 is 0 Å². The molecule has 0 radical (unpaired) electrons. The third kappa shape index (κ3) is 2.45. The smallest absolute Gasteiger partial charge is 0.0434 e. The fourth-order valence-electron chi connectivity index (χ4n) is 3.57. The van der Waals surface area contributed by atoms with E-state index in [0.29, 0.717) is 6.61 Å². The zero-order valence-electron chi connectivity index (χ0n) is 11.0. The molecule has 0 amide bonds. The lowest BCUT2D eigenvalue weighted by Crippen LogP contribution is -2.40. The van der Waals surface area contributed by atoms with Crippen molar-refractivity contribution in [3.63, 3.8) is 0 Å². The molecule has 1 heterocycles. The summed E-state index contributed by atoms with van der Waals surface area (Å²) in [6.07, 6.45) is 4.85. The normalized spacial score (nSPS) is 27.6. The van der Waals surface area contributed by atoms with E-state index in [4.69, 9.17) is 5.11 Å². The summed E-state index contributed by atoms with van der Waals surface area (Å²) in [6.45, 7) is 4.02. The van der Waals surface area contributed by atoms with Crippen LogP contribution in [0.25, 0.3) is 0 Å². The van der Waals surface area contributed by atoms with Gasteiger partial charge in [-0.3, -0.25) is 0 Å². The second kappa shape index (κ2) is 5.41. The summed E-state index contributed by atoms with van der Waals surface area (Å²) < 4.78 is 0. The van der Waals surface area contributed by atoms with Crippen molar-refractivity contribution >= 4 is 0 Å². The molecule has 1 aliphatic heterocycles. The minimum atomic E-state index is 0.352. The number of aliphatic hydroxyl groups excluding tert-OH is 1. The van der Waals surface area contributed by atoms with Gasteiger partial charge >= 0.3 is 0 Å². The largest absolute Gasteiger partial charge is 0.396 e. The highest BCUT2D eigenvalue weighted by Gasteiger charge is 2.29. The Hall–Kier alpha value is -0.860. The maximum absolute atomic E-state index is 9.06. The van der Waals surface area contributed by atoms with E-state index in [2.05, 4.69) is 29.2 Å². The van der Waals surface area contributed by atoms with Gasteiger partial charge in [-0.1, -0.05) is 24.3 Å².